The van der Waals surface area contributed by atoms with Gasteiger partial charge in [0.2, 0.25) is 10.0 Å². The molecule has 0 bridgehead atoms. The molecule has 3 aromatic rings. The van der Waals surface area contributed by atoms with Gasteiger partial charge in [0.15, 0.2) is 11.6 Å². The molecule has 0 radical (unpaired) electrons. The van der Waals surface area contributed by atoms with Gasteiger partial charge in [0.25, 0.3) is 0 Å². The molecule has 0 amide bonds. The minimum absolute atomic E-state index is 0.0293. The van der Waals surface area contributed by atoms with E-state index in [1.54, 1.807) is 37.4 Å². The molecular weight excluding hydrogens is 499 g/mol. The van der Waals surface area contributed by atoms with Crippen LogP contribution in [0.5, 0.6) is 5.75 Å². The zero-order chi connectivity index (χ0) is 26.5. The second-order valence-electron chi connectivity index (χ2n) is 10.4. The Balaban J connectivity index is 1.41. The van der Waals surface area contributed by atoms with E-state index < -0.39 is 21.9 Å². The molecule has 0 aliphatic carbocycles. The maximum Gasteiger partial charge on any atom is 0.244 e. The zero-order valence-electron chi connectivity index (χ0n) is 21.2. The molecule has 5 rings (SSSR count). The second kappa shape index (κ2) is 9.39. The van der Waals surface area contributed by atoms with E-state index in [9.17, 15) is 13.5 Å². The summed E-state index contributed by atoms with van der Waals surface area (Å²) >= 11 is 0. The summed E-state index contributed by atoms with van der Waals surface area (Å²) in [4.78, 5) is -0.0293. The standard InChI is InChI=1S/C26H31FN4O5S/c1-26(2,3)31-21(22-11-17(32)15-36-22)12-24(29-31)28-20-9-10-23-19(25(20)27)14-30(37(23,33)34)13-16-5-7-18(35-4)8-6-16/h5-10,12,17,22,32H,11,13-15H2,1-4H3,(H,28,29). The SMILES string of the molecule is COc1ccc(CN2Cc3c(ccc(Nc4cc(C5CC(O)CO5)n(C(C)(C)C)n4)c3F)S2(=O)=O)cc1. The van der Waals surface area contributed by atoms with Crippen LogP contribution >= 0.6 is 0 Å². The summed E-state index contributed by atoms with van der Waals surface area (Å²) in [6.45, 7) is 6.30. The van der Waals surface area contributed by atoms with Crippen molar-refractivity contribution in [2.45, 2.75) is 62.9 Å². The fourth-order valence-corrected chi connectivity index (χ4v) is 6.34. The predicted octanol–water partition coefficient (Wildman–Crippen LogP) is 4.06. The molecule has 37 heavy (non-hydrogen) atoms. The van der Waals surface area contributed by atoms with Gasteiger partial charge in [0, 0.05) is 31.1 Å². The second-order valence-corrected chi connectivity index (χ2v) is 12.3. The molecule has 1 aromatic heterocycles. The molecular formula is C26H31FN4O5S. The summed E-state index contributed by atoms with van der Waals surface area (Å²) in [6.07, 6.45) is -0.406. The molecule has 9 nitrogen and oxygen atoms in total. The molecule has 2 aromatic carbocycles. The Kier molecular flexibility index (Phi) is 6.51. The fraction of sp³-hybridized carbons (Fsp3) is 0.423. The molecule has 2 N–H and O–H groups in total. The van der Waals surface area contributed by atoms with Crippen molar-refractivity contribution in [1.82, 2.24) is 14.1 Å². The zero-order valence-corrected chi connectivity index (χ0v) is 22.0. The summed E-state index contributed by atoms with van der Waals surface area (Å²) in [6, 6.07) is 11.7. The van der Waals surface area contributed by atoms with Crippen LogP contribution in [0, 0.1) is 5.82 Å². The van der Waals surface area contributed by atoms with Gasteiger partial charge in [-0.3, -0.25) is 4.68 Å². The highest BCUT2D eigenvalue weighted by molar-refractivity contribution is 7.89. The fourth-order valence-electron chi connectivity index (χ4n) is 4.74. The number of anilines is 2. The summed E-state index contributed by atoms with van der Waals surface area (Å²) < 4.78 is 55.9. The van der Waals surface area contributed by atoms with Crippen molar-refractivity contribution in [3.63, 3.8) is 0 Å². The molecule has 0 saturated carbocycles. The van der Waals surface area contributed by atoms with E-state index in [-0.39, 0.29) is 47.5 Å². The van der Waals surface area contributed by atoms with Crippen molar-refractivity contribution in [2.75, 3.05) is 19.0 Å². The number of fused-ring (bicyclic) bond motifs is 1. The lowest BCUT2D eigenvalue weighted by molar-refractivity contribution is 0.0814. The minimum Gasteiger partial charge on any atom is -0.497 e. The lowest BCUT2D eigenvalue weighted by atomic mass is 10.1. The molecule has 0 spiro atoms. The topological polar surface area (TPSA) is 106 Å². The van der Waals surface area contributed by atoms with Crippen LogP contribution in [0.3, 0.4) is 0 Å². The van der Waals surface area contributed by atoms with Crippen LogP contribution in [0.2, 0.25) is 0 Å². The quantitative estimate of drug-likeness (QED) is 0.495. The average molecular weight is 531 g/mol. The molecule has 2 aliphatic rings. The van der Waals surface area contributed by atoms with Gasteiger partial charge < -0.3 is 19.9 Å². The number of methoxy groups -OCH3 is 1. The highest BCUT2D eigenvalue weighted by Crippen LogP contribution is 2.38. The van der Waals surface area contributed by atoms with Gasteiger partial charge in [-0.15, -0.1) is 0 Å². The summed E-state index contributed by atoms with van der Waals surface area (Å²) in [5, 5.41) is 17.6. The predicted molar refractivity (Wildman–Crippen MR) is 136 cm³/mol. The van der Waals surface area contributed by atoms with Crippen LogP contribution in [0.25, 0.3) is 0 Å². The first kappa shape index (κ1) is 25.7. The number of sulfonamides is 1. The van der Waals surface area contributed by atoms with Crippen LogP contribution in [0.1, 0.15) is 50.1 Å². The smallest absolute Gasteiger partial charge is 0.244 e. The number of nitrogens with one attached hydrogen (secondary N) is 1. The van der Waals surface area contributed by atoms with E-state index in [1.165, 1.54) is 16.4 Å². The largest absolute Gasteiger partial charge is 0.497 e. The number of ether oxygens (including phenoxy) is 2. The number of aliphatic hydroxyl groups excluding tert-OH is 1. The highest BCUT2D eigenvalue weighted by atomic mass is 32.2. The molecule has 2 aliphatic heterocycles. The first-order valence-corrected chi connectivity index (χ1v) is 13.5. The number of aromatic nitrogens is 2. The summed E-state index contributed by atoms with van der Waals surface area (Å²) in [5.74, 6) is 0.452. The number of hydrogen-bond donors (Lipinski definition) is 2. The Morgan fingerprint density at radius 3 is 2.57 bits per heavy atom. The van der Waals surface area contributed by atoms with E-state index in [2.05, 4.69) is 10.4 Å². The van der Waals surface area contributed by atoms with Gasteiger partial charge in [-0.2, -0.15) is 9.40 Å². The van der Waals surface area contributed by atoms with E-state index in [0.717, 1.165) is 11.3 Å². The van der Waals surface area contributed by atoms with Crippen molar-refractivity contribution >= 4 is 21.5 Å². The van der Waals surface area contributed by atoms with Crippen molar-refractivity contribution in [2.24, 2.45) is 0 Å². The maximum atomic E-state index is 15.6. The monoisotopic (exact) mass is 530 g/mol. The normalized spacial score (nSPS) is 21.2. The lowest BCUT2D eigenvalue weighted by Crippen LogP contribution is -2.26. The van der Waals surface area contributed by atoms with Gasteiger partial charge in [0.1, 0.15) is 11.9 Å². The van der Waals surface area contributed by atoms with Crippen molar-refractivity contribution in [3.05, 3.63) is 65.1 Å². The number of rotatable bonds is 6. The Hall–Kier alpha value is -2.99. The van der Waals surface area contributed by atoms with Crippen LogP contribution in [-0.4, -0.2) is 47.4 Å². The third kappa shape index (κ3) is 4.84. The van der Waals surface area contributed by atoms with Gasteiger partial charge in [-0.1, -0.05) is 12.1 Å². The maximum absolute atomic E-state index is 15.6. The Morgan fingerprint density at radius 2 is 1.95 bits per heavy atom. The molecule has 2 unspecified atom stereocenters. The third-order valence-electron chi connectivity index (χ3n) is 6.61. The van der Waals surface area contributed by atoms with Crippen molar-refractivity contribution in [3.8, 4) is 5.75 Å². The van der Waals surface area contributed by atoms with E-state index >= 15 is 4.39 Å². The Bertz CT molecular complexity index is 1420. The first-order chi connectivity index (χ1) is 17.5. The van der Waals surface area contributed by atoms with Crippen LogP contribution in [0.4, 0.5) is 15.9 Å². The van der Waals surface area contributed by atoms with Gasteiger partial charge in [-0.25, -0.2) is 12.8 Å². The highest BCUT2D eigenvalue weighted by Gasteiger charge is 2.38. The third-order valence-corrected chi connectivity index (χ3v) is 8.49. The summed E-state index contributed by atoms with van der Waals surface area (Å²) in [7, 11) is -2.27. The van der Waals surface area contributed by atoms with Gasteiger partial charge in [-0.05, 0) is 50.6 Å². The van der Waals surface area contributed by atoms with Crippen LogP contribution in [0.15, 0.2) is 47.4 Å². The number of aliphatic hydroxyl groups is 1. The first-order valence-electron chi connectivity index (χ1n) is 12.1. The number of hydrogen-bond acceptors (Lipinski definition) is 7. The molecule has 2 atom stereocenters. The van der Waals surface area contributed by atoms with E-state index in [1.807, 2.05) is 25.5 Å². The average Bonchev–Trinajstić information content (AvgIpc) is 3.53. The van der Waals surface area contributed by atoms with Crippen LogP contribution < -0.4 is 10.1 Å². The van der Waals surface area contributed by atoms with Gasteiger partial charge >= 0.3 is 0 Å². The number of benzene rings is 2. The van der Waals surface area contributed by atoms with E-state index in [4.69, 9.17) is 9.47 Å². The molecule has 198 valence electrons. The number of nitrogens with zero attached hydrogens (tertiary/aromatic N) is 3. The molecule has 1 saturated heterocycles. The molecule has 3 heterocycles. The lowest BCUT2D eigenvalue weighted by Gasteiger charge is -2.24. The Morgan fingerprint density at radius 1 is 1.22 bits per heavy atom. The summed E-state index contributed by atoms with van der Waals surface area (Å²) in [5.41, 5.74) is 1.43. The molecule has 11 heteroatoms. The van der Waals surface area contributed by atoms with Crippen LogP contribution in [-0.2, 0) is 33.4 Å². The Labute approximate surface area is 215 Å². The minimum atomic E-state index is -3.84. The molecule has 1 fully saturated rings. The van der Waals surface area contributed by atoms with Crippen molar-refractivity contribution < 1.29 is 27.4 Å². The van der Waals surface area contributed by atoms with Gasteiger partial charge in [0.05, 0.1) is 41.6 Å². The van der Waals surface area contributed by atoms with E-state index in [0.29, 0.717) is 18.0 Å². The van der Waals surface area contributed by atoms with Crippen molar-refractivity contribution in [1.29, 1.82) is 0 Å². The number of halogens is 1.